The van der Waals surface area contributed by atoms with E-state index in [1.54, 1.807) is 28.4 Å². The van der Waals surface area contributed by atoms with Crippen LogP contribution >= 0.6 is 0 Å². The van der Waals surface area contributed by atoms with E-state index in [1.807, 2.05) is 0 Å². The predicted octanol–water partition coefficient (Wildman–Crippen LogP) is -0.0782. The van der Waals surface area contributed by atoms with E-state index < -0.39 is 8.80 Å². The van der Waals surface area contributed by atoms with Gasteiger partial charge >= 0.3 is 8.80 Å². The van der Waals surface area contributed by atoms with Crippen LogP contribution in [-0.2, 0) is 22.1 Å². The first kappa shape index (κ1) is 17.5. The Morgan fingerprint density at radius 2 is 1.47 bits per heavy atom. The van der Waals surface area contributed by atoms with Gasteiger partial charge in [-0.05, 0) is 12.1 Å². The normalized spacial score (nSPS) is 13.4. The molecule has 0 aromatic heterocycles. The van der Waals surface area contributed by atoms with Gasteiger partial charge in [-0.25, -0.2) is 0 Å². The first-order valence-corrected chi connectivity index (χ1v) is 11.1. The van der Waals surface area contributed by atoms with Crippen molar-refractivity contribution in [1.29, 1.82) is 0 Å². The quantitative estimate of drug-likeness (QED) is 0.373. The van der Waals surface area contributed by atoms with Crippen molar-refractivity contribution in [3.05, 3.63) is 0 Å². The highest BCUT2D eigenvalue weighted by atomic mass is 28.4. The number of hydrogen-bond donors (Lipinski definition) is 0. The highest BCUT2D eigenvalue weighted by molar-refractivity contribution is 6.60. The van der Waals surface area contributed by atoms with Crippen molar-refractivity contribution in [1.82, 2.24) is 0 Å². The first-order valence-electron chi connectivity index (χ1n) is 5.96. The summed E-state index contributed by atoms with van der Waals surface area (Å²) in [5, 5.41) is 0. The fourth-order valence-corrected chi connectivity index (χ4v) is 5.94. The van der Waals surface area contributed by atoms with Crippen LogP contribution in [0.25, 0.3) is 0 Å². The Hall–Kier alpha value is 0.451. The molecule has 0 aliphatic carbocycles. The van der Waals surface area contributed by atoms with Crippen molar-refractivity contribution in [2.75, 3.05) is 35.0 Å². The third kappa shape index (κ3) is 8.21. The van der Waals surface area contributed by atoms with E-state index in [9.17, 15) is 0 Å². The van der Waals surface area contributed by atoms with Crippen molar-refractivity contribution < 1.29 is 22.1 Å². The monoisotopic (exact) mass is 298 g/mol. The molecule has 0 aliphatic rings. The highest BCUT2D eigenvalue weighted by Crippen LogP contribution is 2.12. The van der Waals surface area contributed by atoms with Crippen LogP contribution < -0.4 is 0 Å². The van der Waals surface area contributed by atoms with Gasteiger partial charge in [-0.15, -0.1) is 0 Å². The molecule has 0 unspecified atom stereocenters. The largest absolute Gasteiger partial charge is 0.502 e. The Bertz CT molecular complexity index is 160. The summed E-state index contributed by atoms with van der Waals surface area (Å²) in [5.74, 6) is 0. The van der Waals surface area contributed by atoms with E-state index >= 15 is 0 Å². The Kier molecular flexibility index (Phi) is 11.8. The molecule has 0 fully saturated rings. The van der Waals surface area contributed by atoms with E-state index in [0.29, 0.717) is 6.61 Å². The molecule has 0 atom stereocenters. The summed E-state index contributed by atoms with van der Waals surface area (Å²) >= 11 is 0. The van der Waals surface area contributed by atoms with Crippen molar-refractivity contribution in [2.24, 2.45) is 0 Å². The van der Waals surface area contributed by atoms with E-state index in [4.69, 9.17) is 22.1 Å². The highest BCUT2D eigenvalue weighted by Gasteiger charge is 2.37. The Morgan fingerprint density at radius 1 is 0.882 bits per heavy atom. The maximum absolute atomic E-state index is 5.68. The van der Waals surface area contributed by atoms with Crippen LogP contribution in [0.4, 0.5) is 0 Å². The van der Waals surface area contributed by atoms with E-state index in [1.165, 1.54) is 18.5 Å². The third-order valence-electron chi connectivity index (χ3n) is 2.62. The second-order valence-electron chi connectivity index (χ2n) is 3.71. The number of hydrogen-bond acceptors (Lipinski definition) is 5. The fourth-order valence-electron chi connectivity index (χ4n) is 1.48. The van der Waals surface area contributed by atoms with Crippen LogP contribution in [0.3, 0.4) is 0 Å². The lowest BCUT2D eigenvalue weighted by Crippen LogP contribution is -2.43. The average Bonchev–Trinajstić information content (AvgIpc) is 2.38. The van der Waals surface area contributed by atoms with Crippen molar-refractivity contribution in [2.45, 2.75) is 24.6 Å². The van der Waals surface area contributed by atoms with Crippen LogP contribution in [0.1, 0.15) is 6.42 Å². The van der Waals surface area contributed by atoms with Crippen molar-refractivity contribution >= 4 is 28.3 Å². The molecule has 17 heavy (non-hydrogen) atoms. The van der Waals surface area contributed by atoms with Gasteiger partial charge in [0.25, 0.3) is 0 Å². The van der Waals surface area contributed by atoms with E-state index in [0.717, 1.165) is 6.04 Å². The van der Waals surface area contributed by atoms with E-state index in [-0.39, 0.29) is 19.5 Å². The summed E-state index contributed by atoms with van der Waals surface area (Å²) in [4.78, 5) is 0. The minimum atomic E-state index is -2.41. The molecule has 8 heteroatoms. The molecule has 0 rings (SSSR count). The SMILES string of the molecule is CO[SiH2]CCC[SiH2]OCC[Si](OC)(OC)OC. The lowest BCUT2D eigenvalue weighted by Gasteiger charge is -2.24. The molecule has 5 nitrogen and oxygen atoms in total. The zero-order valence-corrected chi connectivity index (χ0v) is 15.3. The van der Waals surface area contributed by atoms with Gasteiger partial charge in [0.15, 0.2) is 19.5 Å². The van der Waals surface area contributed by atoms with Gasteiger partial charge < -0.3 is 22.1 Å². The zero-order chi connectivity index (χ0) is 13.0. The van der Waals surface area contributed by atoms with Gasteiger partial charge in [-0.3, -0.25) is 0 Å². The van der Waals surface area contributed by atoms with Gasteiger partial charge in [0.2, 0.25) is 0 Å². The standard InChI is InChI=1S/C9H26O5Si3/c1-10-15-7-5-8-16-14-6-9-17(11-2,12-3)13-4/h5-9,15-16H2,1-4H3. The minimum Gasteiger partial charge on any atom is -0.427 e. The molecule has 0 spiro atoms. The second-order valence-corrected chi connectivity index (χ2v) is 10.0. The van der Waals surface area contributed by atoms with Crippen LogP contribution in [0.5, 0.6) is 0 Å². The van der Waals surface area contributed by atoms with Crippen LogP contribution in [0.2, 0.25) is 18.1 Å². The van der Waals surface area contributed by atoms with Gasteiger partial charge in [-0.2, -0.15) is 0 Å². The maximum atomic E-state index is 5.68. The zero-order valence-electron chi connectivity index (χ0n) is 11.5. The van der Waals surface area contributed by atoms with Crippen LogP contribution in [0, 0.1) is 0 Å². The predicted molar refractivity (Wildman–Crippen MR) is 75.9 cm³/mol. The molecule has 0 radical (unpaired) electrons. The molecular weight excluding hydrogens is 272 g/mol. The third-order valence-corrected chi connectivity index (χ3v) is 7.87. The average molecular weight is 299 g/mol. The molecule has 0 aliphatic heterocycles. The summed E-state index contributed by atoms with van der Waals surface area (Å²) in [6.45, 7) is 0.690. The lowest BCUT2D eigenvalue weighted by molar-refractivity contribution is 0.118. The molecule has 0 saturated carbocycles. The summed E-state index contributed by atoms with van der Waals surface area (Å²) in [7, 11) is 3.65. The molecule has 0 saturated heterocycles. The molecule has 0 aromatic rings. The molecule has 0 heterocycles. The lowest BCUT2D eigenvalue weighted by atomic mass is 10.6. The molecule has 104 valence electrons. The summed E-state index contributed by atoms with van der Waals surface area (Å²) in [6.07, 6.45) is 1.26. The number of rotatable bonds is 12. The Labute approximate surface area is 110 Å². The van der Waals surface area contributed by atoms with Gasteiger partial charge in [-0.1, -0.05) is 6.42 Å². The maximum Gasteiger partial charge on any atom is 0.502 e. The minimum absolute atomic E-state index is 0.238. The first-order chi connectivity index (χ1) is 8.24. The molecule has 0 amide bonds. The van der Waals surface area contributed by atoms with Crippen LogP contribution in [0.15, 0.2) is 0 Å². The molecular formula is C9H26O5Si3. The van der Waals surface area contributed by atoms with Crippen molar-refractivity contribution in [3.8, 4) is 0 Å². The van der Waals surface area contributed by atoms with Gasteiger partial charge in [0.1, 0.15) is 0 Å². The van der Waals surface area contributed by atoms with Crippen LogP contribution in [-0.4, -0.2) is 63.4 Å². The summed E-state index contributed by atoms with van der Waals surface area (Å²) in [6, 6.07) is 3.23. The van der Waals surface area contributed by atoms with Gasteiger partial charge in [0.05, 0.1) is 0 Å². The van der Waals surface area contributed by atoms with E-state index in [2.05, 4.69) is 0 Å². The Morgan fingerprint density at radius 3 is 2.00 bits per heavy atom. The topological polar surface area (TPSA) is 46.2 Å². The second kappa shape index (κ2) is 11.5. The van der Waals surface area contributed by atoms with Crippen molar-refractivity contribution in [3.63, 3.8) is 0 Å². The fraction of sp³-hybridized carbons (Fsp3) is 1.00. The smallest absolute Gasteiger partial charge is 0.427 e. The molecule has 0 bridgehead atoms. The molecule has 0 N–H and O–H groups in total. The van der Waals surface area contributed by atoms with Gasteiger partial charge in [0, 0.05) is 41.1 Å². The molecule has 0 aromatic carbocycles. The Balaban J connectivity index is 3.43. The summed E-state index contributed by atoms with van der Waals surface area (Å²) < 4.78 is 26.8. The summed E-state index contributed by atoms with van der Waals surface area (Å²) in [5.41, 5.74) is 0.